The Morgan fingerprint density at radius 3 is 2.95 bits per heavy atom. The van der Waals surface area contributed by atoms with Gasteiger partial charge < -0.3 is 10.1 Å². The molecule has 2 heterocycles. The van der Waals surface area contributed by atoms with Crippen LogP contribution in [0.4, 0.5) is 0 Å². The minimum Gasteiger partial charge on any atom is -0.376 e. The smallest absolute Gasteiger partial charge is 0.269 e. The Bertz CT molecular complexity index is 613. The molecule has 0 aliphatic carbocycles. The van der Waals surface area contributed by atoms with Gasteiger partial charge in [-0.25, -0.2) is 0 Å². The largest absolute Gasteiger partial charge is 0.376 e. The van der Waals surface area contributed by atoms with Gasteiger partial charge in [0.1, 0.15) is 5.69 Å². The van der Waals surface area contributed by atoms with Crippen LogP contribution in [0.1, 0.15) is 28.9 Å². The van der Waals surface area contributed by atoms with Crippen molar-refractivity contribution in [3.05, 3.63) is 41.6 Å². The lowest BCUT2D eigenvalue weighted by Gasteiger charge is -2.09. The summed E-state index contributed by atoms with van der Waals surface area (Å²) in [7, 11) is 0. The topological polar surface area (TPSA) is 67.0 Å². The first-order valence-electron chi connectivity index (χ1n) is 7.24. The van der Waals surface area contributed by atoms with Gasteiger partial charge >= 0.3 is 0 Å². The fourth-order valence-electron chi connectivity index (χ4n) is 2.42. The fraction of sp³-hybridized carbons (Fsp3) is 0.375. The van der Waals surface area contributed by atoms with Crippen LogP contribution in [0.15, 0.2) is 30.3 Å². The van der Waals surface area contributed by atoms with E-state index in [1.807, 2.05) is 31.2 Å². The third kappa shape index (κ3) is 3.31. The lowest BCUT2D eigenvalue weighted by Crippen LogP contribution is -2.31. The number of rotatable bonds is 4. The van der Waals surface area contributed by atoms with Gasteiger partial charge in [-0.05, 0) is 25.8 Å². The molecule has 1 amide bonds. The molecule has 2 aromatic rings. The van der Waals surface area contributed by atoms with Crippen molar-refractivity contribution in [2.75, 3.05) is 13.2 Å². The van der Waals surface area contributed by atoms with E-state index in [-0.39, 0.29) is 12.0 Å². The zero-order chi connectivity index (χ0) is 14.7. The number of H-pyrrole nitrogens is 1. The number of carbonyl (C=O) groups excluding carboxylic acids is 1. The number of hydrogen-bond donors (Lipinski definition) is 2. The summed E-state index contributed by atoms with van der Waals surface area (Å²) >= 11 is 0. The van der Waals surface area contributed by atoms with Gasteiger partial charge in [0.05, 0.1) is 11.8 Å². The summed E-state index contributed by atoms with van der Waals surface area (Å²) in [4.78, 5) is 12.1. The van der Waals surface area contributed by atoms with Crippen LogP contribution in [0.5, 0.6) is 0 Å². The molecule has 0 bridgehead atoms. The first kappa shape index (κ1) is 13.8. The molecule has 110 valence electrons. The summed E-state index contributed by atoms with van der Waals surface area (Å²) in [6, 6.07) is 9.83. The van der Waals surface area contributed by atoms with Gasteiger partial charge in [-0.1, -0.05) is 29.8 Å². The molecular formula is C16H19N3O2. The van der Waals surface area contributed by atoms with Crippen LogP contribution < -0.4 is 5.32 Å². The van der Waals surface area contributed by atoms with Gasteiger partial charge in [0.15, 0.2) is 0 Å². The fourth-order valence-corrected chi connectivity index (χ4v) is 2.42. The molecule has 3 rings (SSSR count). The molecule has 1 saturated heterocycles. The molecule has 2 N–H and O–H groups in total. The lowest BCUT2D eigenvalue weighted by molar-refractivity contribution is 0.0853. The molecule has 0 saturated carbocycles. The zero-order valence-electron chi connectivity index (χ0n) is 12.1. The number of aromatic nitrogens is 2. The second kappa shape index (κ2) is 6.10. The summed E-state index contributed by atoms with van der Waals surface area (Å²) in [5, 5.41) is 9.87. The summed E-state index contributed by atoms with van der Waals surface area (Å²) in [6.45, 7) is 3.39. The highest BCUT2D eigenvalue weighted by Crippen LogP contribution is 2.18. The molecule has 1 aliphatic rings. The molecule has 5 nitrogen and oxygen atoms in total. The quantitative estimate of drug-likeness (QED) is 0.905. The van der Waals surface area contributed by atoms with E-state index in [9.17, 15) is 4.79 Å². The number of nitrogens with zero attached hydrogens (tertiary/aromatic N) is 1. The van der Waals surface area contributed by atoms with Crippen LogP contribution in [0.25, 0.3) is 11.3 Å². The number of nitrogens with one attached hydrogen (secondary N) is 2. The number of aryl methyl sites for hydroxylation is 1. The molecule has 21 heavy (non-hydrogen) atoms. The van der Waals surface area contributed by atoms with Crippen molar-refractivity contribution in [3.63, 3.8) is 0 Å². The predicted octanol–water partition coefficient (Wildman–Crippen LogP) is 2.29. The van der Waals surface area contributed by atoms with Gasteiger partial charge in [0, 0.05) is 18.7 Å². The first-order chi connectivity index (χ1) is 10.2. The van der Waals surface area contributed by atoms with Gasteiger partial charge in [0.2, 0.25) is 0 Å². The number of hydrogen-bond acceptors (Lipinski definition) is 3. The SMILES string of the molecule is Cc1ccc(-c2cc(C(=O)NC[C@@H]3CCCO3)[nH]n2)cc1. The number of carbonyl (C=O) groups is 1. The van der Waals surface area contributed by atoms with Crippen molar-refractivity contribution in [1.82, 2.24) is 15.5 Å². The van der Waals surface area contributed by atoms with Gasteiger partial charge in [-0.3, -0.25) is 9.89 Å². The number of benzene rings is 1. The standard InChI is InChI=1S/C16H19N3O2/c1-11-4-6-12(7-5-11)14-9-15(19-18-14)16(20)17-10-13-3-2-8-21-13/h4-7,9,13H,2-3,8,10H2,1H3,(H,17,20)(H,18,19)/t13-/m0/s1. The summed E-state index contributed by atoms with van der Waals surface area (Å²) in [5.41, 5.74) is 3.44. The Hall–Kier alpha value is -2.14. The molecule has 1 atom stereocenters. The Morgan fingerprint density at radius 1 is 1.43 bits per heavy atom. The molecule has 0 unspecified atom stereocenters. The van der Waals surface area contributed by atoms with Gasteiger partial charge in [-0.2, -0.15) is 5.10 Å². The second-order valence-electron chi connectivity index (χ2n) is 5.38. The Balaban J connectivity index is 1.63. The highest BCUT2D eigenvalue weighted by atomic mass is 16.5. The van der Waals surface area contributed by atoms with E-state index in [4.69, 9.17) is 4.74 Å². The van der Waals surface area contributed by atoms with Crippen LogP contribution in [0, 0.1) is 6.92 Å². The van der Waals surface area contributed by atoms with E-state index >= 15 is 0 Å². The molecule has 1 aromatic carbocycles. The van der Waals surface area contributed by atoms with Crippen LogP contribution in [0.2, 0.25) is 0 Å². The number of ether oxygens (including phenoxy) is 1. The van der Waals surface area contributed by atoms with Crippen LogP contribution >= 0.6 is 0 Å². The molecule has 0 radical (unpaired) electrons. The Morgan fingerprint density at radius 2 is 2.24 bits per heavy atom. The average Bonchev–Trinajstić information content (AvgIpc) is 3.17. The lowest BCUT2D eigenvalue weighted by atomic mass is 10.1. The van der Waals surface area contributed by atoms with E-state index in [0.29, 0.717) is 12.2 Å². The third-order valence-electron chi connectivity index (χ3n) is 3.68. The summed E-state index contributed by atoms with van der Waals surface area (Å²) < 4.78 is 5.48. The molecule has 1 aromatic heterocycles. The van der Waals surface area contributed by atoms with E-state index in [1.165, 1.54) is 5.56 Å². The number of amides is 1. The Kier molecular flexibility index (Phi) is 4.01. The summed E-state index contributed by atoms with van der Waals surface area (Å²) in [6.07, 6.45) is 2.23. The maximum absolute atomic E-state index is 12.1. The maximum Gasteiger partial charge on any atom is 0.269 e. The zero-order valence-corrected chi connectivity index (χ0v) is 12.1. The van der Waals surface area contributed by atoms with Crippen molar-refractivity contribution in [2.45, 2.75) is 25.9 Å². The van der Waals surface area contributed by atoms with Crippen molar-refractivity contribution in [3.8, 4) is 11.3 Å². The Labute approximate surface area is 123 Å². The minimum absolute atomic E-state index is 0.142. The maximum atomic E-state index is 12.1. The monoisotopic (exact) mass is 285 g/mol. The summed E-state index contributed by atoms with van der Waals surface area (Å²) in [5.74, 6) is -0.142. The first-order valence-corrected chi connectivity index (χ1v) is 7.24. The average molecular weight is 285 g/mol. The van der Waals surface area contributed by atoms with E-state index < -0.39 is 0 Å². The van der Waals surface area contributed by atoms with Crippen molar-refractivity contribution < 1.29 is 9.53 Å². The molecular weight excluding hydrogens is 266 g/mol. The molecule has 0 spiro atoms. The molecule has 1 fully saturated rings. The second-order valence-corrected chi connectivity index (χ2v) is 5.38. The highest BCUT2D eigenvalue weighted by molar-refractivity contribution is 5.93. The van der Waals surface area contributed by atoms with E-state index in [0.717, 1.165) is 30.7 Å². The van der Waals surface area contributed by atoms with Crippen molar-refractivity contribution >= 4 is 5.91 Å². The van der Waals surface area contributed by atoms with Crippen molar-refractivity contribution in [1.29, 1.82) is 0 Å². The van der Waals surface area contributed by atoms with Crippen LogP contribution in [-0.4, -0.2) is 35.4 Å². The van der Waals surface area contributed by atoms with Crippen LogP contribution in [0.3, 0.4) is 0 Å². The predicted molar refractivity (Wildman–Crippen MR) is 80.1 cm³/mol. The molecule has 5 heteroatoms. The molecule has 1 aliphatic heterocycles. The van der Waals surface area contributed by atoms with Gasteiger partial charge in [-0.15, -0.1) is 0 Å². The van der Waals surface area contributed by atoms with Crippen LogP contribution in [-0.2, 0) is 4.74 Å². The van der Waals surface area contributed by atoms with Gasteiger partial charge in [0.25, 0.3) is 5.91 Å². The normalized spacial score (nSPS) is 17.9. The third-order valence-corrected chi connectivity index (χ3v) is 3.68. The number of aromatic amines is 1. The highest BCUT2D eigenvalue weighted by Gasteiger charge is 2.17. The van der Waals surface area contributed by atoms with Crippen molar-refractivity contribution in [2.24, 2.45) is 0 Å². The van der Waals surface area contributed by atoms with E-state index in [2.05, 4.69) is 15.5 Å². The van der Waals surface area contributed by atoms with E-state index in [1.54, 1.807) is 6.07 Å². The minimum atomic E-state index is -0.142.